The third-order valence-corrected chi connectivity index (χ3v) is 3.00. The molecule has 0 fully saturated rings. The van der Waals surface area contributed by atoms with Gasteiger partial charge < -0.3 is 16.4 Å². The quantitative estimate of drug-likeness (QED) is 0.761. The summed E-state index contributed by atoms with van der Waals surface area (Å²) in [6.45, 7) is 4.00. The molecule has 0 saturated heterocycles. The molecule has 0 radical (unpaired) electrons. The monoisotopic (exact) mass is 299 g/mol. The van der Waals surface area contributed by atoms with Gasteiger partial charge in [0.25, 0.3) is 5.91 Å². The first kappa shape index (κ1) is 15.0. The Labute approximate surface area is 129 Å². The molecule has 108 valence electrons. The fourth-order valence-electron chi connectivity index (χ4n) is 2.10. The number of hydrogen-bond donors (Lipinski definition) is 3. The van der Waals surface area contributed by atoms with E-state index < -0.39 is 0 Å². The minimum Gasteiger partial charge on any atom is -0.376 e. The molecule has 0 saturated carbocycles. The molecule has 0 spiro atoms. The highest BCUT2D eigenvalue weighted by molar-refractivity contribution is 7.80. The van der Waals surface area contributed by atoms with Crippen molar-refractivity contribution in [1.82, 2.24) is 0 Å². The number of thiocarbonyl (C=S) groups is 1. The van der Waals surface area contributed by atoms with Crippen molar-refractivity contribution in [2.45, 2.75) is 13.8 Å². The van der Waals surface area contributed by atoms with E-state index in [4.69, 9.17) is 18.0 Å². The number of amides is 1. The van der Waals surface area contributed by atoms with Gasteiger partial charge in [0.2, 0.25) is 0 Å². The maximum Gasteiger partial charge on any atom is 0.255 e. The van der Waals surface area contributed by atoms with E-state index in [2.05, 4.69) is 16.7 Å². The standard InChI is InChI=1S/C16H17N3OS/c1-10-7-11(2)9-14(8-10)18-15(20)12-3-5-13(6-4-12)19-16(17)21/h3-9H,1-2H3,(H,18,20)(H3,17,19,21). The molecule has 2 aromatic carbocycles. The Kier molecular flexibility index (Phi) is 4.55. The Morgan fingerprint density at radius 1 is 0.952 bits per heavy atom. The summed E-state index contributed by atoms with van der Waals surface area (Å²) >= 11 is 4.76. The van der Waals surface area contributed by atoms with Crippen LogP contribution in [0.15, 0.2) is 42.5 Å². The van der Waals surface area contributed by atoms with Gasteiger partial charge in [0.1, 0.15) is 0 Å². The lowest BCUT2D eigenvalue weighted by molar-refractivity contribution is 0.102. The number of carbonyl (C=O) groups excluding carboxylic acids is 1. The Balaban J connectivity index is 2.11. The molecule has 4 N–H and O–H groups in total. The molecule has 2 rings (SSSR count). The molecule has 5 heteroatoms. The van der Waals surface area contributed by atoms with Crippen molar-refractivity contribution in [2.75, 3.05) is 10.6 Å². The zero-order valence-electron chi connectivity index (χ0n) is 11.9. The fourth-order valence-corrected chi connectivity index (χ4v) is 2.22. The van der Waals surface area contributed by atoms with Gasteiger partial charge in [0, 0.05) is 16.9 Å². The number of rotatable bonds is 3. The number of carbonyl (C=O) groups is 1. The molecule has 0 aliphatic rings. The van der Waals surface area contributed by atoms with E-state index in [0.29, 0.717) is 5.56 Å². The van der Waals surface area contributed by atoms with Crippen LogP contribution in [0.1, 0.15) is 21.5 Å². The van der Waals surface area contributed by atoms with Crippen molar-refractivity contribution in [1.29, 1.82) is 0 Å². The topological polar surface area (TPSA) is 67.2 Å². The second-order valence-electron chi connectivity index (χ2n) is 4.90. The van der Waals surface area contributed by atoms with Gasteiger partial charge in [0.05, 0.1) is 0 Å². The molecule has 4 nitrogen and oxygen atoms in total. The number of nitrogens with one attached hydrogen (secondary N) is 2. The van der Waals surface area contributed by atoms with Gasteiger partial charge in [-0.15, -0.1) is 0 Å². The summed E-state index contributed by atoms with van der Waals surface area (Å²) < 4.78 is 0. The molecule has 0 aromatic heterocycles. The highest BCUT2D eigenvalue weighted by Crippen LogP contribution is 2.16. The molecule has 0 aliphatic heterocycles. The summed E-state index contributed by atoms with van der Waals surface area (Å²) in [5.41, 5.74) is 9.74. The van der Waals surface area contributed by atoms with Crippen molar-refractivity contribution < 1.29 is 4.79 Å². The molecule has 0 bridgehead atoms. The fraction of sp³-hybridized carbons (Fsp3) is 0.125. The largest absolute Gasteiger partial charge is 0.376 e. The minimum absolute atomic E-state index is 0.151. The van der Waals surface area contributed by atoms with Crippen LogP contribution in [0.5, 0.6) is 0 Å². The van der Waals surface area contributed by atoms with Gasteiger partial charge in [-0.2, -0.15) is 0 Å². The molecule has 2 aromatic rings. The van der Waals surface area contributed by atoms with Gasteiger partial charge >= 0.3 is 0 Å². The Hall–Kier alpha value is -2.40. The van der Waals surface area contributed by atoms with Crippen LogP contribution in [-0.2, 0) is 0 Å². The van der Waals surface area contributed by atoms with E-state index in [1.54, 1.807) is 24.3 Å². The third kappa shape index (κ3) is 4.29. The third-order valence-electron chi connectivity index (χ3n) is 2.89. The zero-order chi connectivity index (χ0) is 15.4. The Bertz CT molecular complexity index is 660. The molecule has 0 unspecified atom stereocenters. The minimum atomic E-state index is -0.151. The zero-order valence-corrected chi connectivity index (χ0v) is 12.8. The van der Waals surface area contributed by atoms with E-state index in [9.17, 15) is 4.79 Å². The van der Waals surface area contributed by atoms with Crippen LogP contribution in [0.3, 0.4) is 0 Å². The SMILES string of the molecule is Cc1cc(C)cc(NC(=O)c2ccc(NC(N)=S)cc2)c1. The van der Waals surface area contributed by atoms with Crippen LogP contribution in [-0.4, -0.2) is 11.0 Å². The van der Waals surface area contributed by atoms with E-state index >= 15 is 0 Å². The van der Waals surface area contributed by atoms with E-state index in [0.717, 1.165) is 22.5 Å². The smallest absolute Gasteiger partial charge is 0.255 e. The van der Waals surface area contributed by atoms with Gasteiger partial charge in [-0.05, 0) is 73.6 Å². The Morgan fingerprint density at radius 2 is 1.52 bits per heavy atom. The van der Waals surface area contributed by atoms with Gasteiger partial charge in [-0.25, -0.2) is 0 Å². The first-order chi connectivity index (χ1) is 9.94. The molecular weight excluding hydrogens is 282 g/mol. The van der Waals surface area contributed by atoms with Crippen LogP contribution in [0, 0.1) is 13.8 Å². The number of nitrogens with two attached hydrogens (primary N) is 1. The highest BCUT2D eigenvalue weighted by Gasteiger charge is 2.06. The maximum absolute atomic E-state index is 12.2. The number of benzene rings is 2. The summed E-state index contributed by atoms with van der Waals surface area (Å²) in [6, 6.07) is 12.9. The average Bonchev–Trinajstić information content (AvgIpc) is 2.37. The number of hydrogen-bond acceptors (Lipinski definition) is 2. The highest BCUT2D eigenvalue weighted by atomic mass is 32.1. The van der Waals surface area contributed by atoms with E-state index in [-0.39, 0.29) is 11.0 Å². The first-order valence-corrected chi connectivity index (χ1v) is 6.91. The maximum atomic E-state index is 12.2. The average molecular weight is 299 g/mol. The van der Waals surface area contributed by atoms with Crippen LogP contribution in [0.2, 0.25) is 0 Å². The summed E-state index contributed by atoms with van der Waals surface area (Å²) in [5, 5.41) is 5.90. The predicted molar refractivity (Wildman–Crippen MR) is 90.7 cm³/mol. The lowest BCUT2D eigenvalue weighted by Gasteiger charge is -2.08. The van der Waals surface area contributed by atoms with E-state index in [1.807, 2.05) is 26.0 Å². The van der Waals surface area contributed by atoms with Crippen LogP contribution in [0.4, 0.5) is 11.4 Å². The second kappa shape index (κ2) is 6.37. The van der Waals surface area contributed by atoms with Crippen LogP contribution in [0.25, 0.3) is 0 Å². The molecule has 0 aliphatic carbocycles. The van der Waals surface area contributed by atoms with Crippen molar-refractivity contribution in [3.63, 3.8) is 0 Å². The molecular formula is C16H17N3OS. The molecule has 0 atom stereocenters. The van der Waals surface area contributed by atoms with Gasteiger partial charge in [-0.3, -0.25) is 4.79 Å². The predicted octanol–water partition coefficient (Wildman–Crippen LogP) is 3.21. The molecule has 0 heterocycles. The van der Waals surface area contributed by atoms with Crippen molar-refractivity contribution in [3.05, 3.63) is 59.2 Å². The van der Waals surface area contributed by atoms with Crippen molar-refractivity contribution >= 4 is 34.6 Å². The molecule has 1 amide bonds. The Morgan fingerprint density at radius 3 is 2.05 bits per heavy atom. The second-order valence-corrected chi connectivity index (χ2v) is 5.34. The summed E-state index contributed by atoms with van der Waals surface area (Å²) in [7, 11) is 0. The first-order valence-electron chi connectivity index (χ1n) is 6.50. The number of anilines is 2. The van der Waals surface area contributed by atoms with Crippen molar-refractivity contribution in [2.24, 2.45) is 5.73 Å². The normalized spacial score (nSPS) is 10.0. The lowest BCUT2D eigenvalue weighted by Crippen LogP contribution is -2.19. The van der Waals surface area contributed by atoms with Crippen LogP contribution < -0.4 is 16.4 Å². The van der Waals surface area contributed by atoms with Gasteiger partial charge in [0.15, 0.2) is 5.11 Å². The van der Waals surface area contributed by atoms with Crippen LogP contribution >= 0.6 is 12.2 Å². The lowest BCUT2D eigenvalue weighted by atomic mass is 10.1. The summed E-state index contributed by atoms with van der Waals surface area (Å²) in [4.78, 5) is 12.2. The van der Waals surface area contributed by atoms with E-state index in [1.165, 1.54) is 0 Å². The number of aryl methyl sites for hydroxylation is 2. The summed E-state index contributed by atoms with van der Waals surface area (Å²) in [5.74, 6) is -0.151. The van der Waals surface area contributed by atoms with Gasteiger partial charge in [-0.1, -0.05) is 6.07 Å². The van der Waals surface area contributed by atoms with Crippen molar-refractivity contribution in [3.8, 4) is 0 Å². The summed E-state index contributed by atoms with van der Waals surface area (Å²) in [6.07, 6.45) is 0. The molecule has 21 heavy (non-hydrogen) atoms.